The Labute approximate surface area is 169 Å². The van der Waals surface area contributed by atoms with Gasteiger partial charge in [-0.25, -0.2) is 18.6 Å². The molecule has 0 radical (unpaired) electrons. The second kappa shape index (κ2) is 7.76. The lowest BCUT2D eigenvalue weighted by Crippen LogP contribution is -2.31. The summed E-state index contributed by atoms with van der Waals surface area (Å²) in [6, 6.07) is 8.83. The van der Waals surface area contributed by atoms with E-state index in [0.717, 1.165) is 27.5 Å². The minimum atomic E-state index is -0.610. The molecule has 0 aliphatic rings. The Balaban J connectivity index is 1.42. The average molecular weight is 415 g/mol. The number of imidazole rings is 1. The number of aromatic amines is 1. The van der Waals surface area contributed by atoms with Gasteiger partial charge < -0.3 is 16.0 Å². The lowest BCUT2D eigenvalue weighted by molar-refractivity contribution is 0.576. The highest BCUT2D eigenvalue weighted by Crippen LogP contribution is 2.30. The van der Waals surface area contributed by atoms with Crippen molar-refractivity contribution in [1.82, 2.24) is 14.5 Å². The van der Waals surface area contributed by atoms with Crippen LogP contribution in [-0.4, -0.2) is 27.1 Å². The highest BCUT2D eigenvalue weighted by molar-refractivity contribution is 7.18. The Hall–Kier alpha value is -3.04. The van der Waals surface area contributed by atoms with Gasteiger partial charge in [0.1, 0.15) is 11.6 Å². The van der Waals surface area contributed by atoms with Crippen molar-refractivity contribution in [3.63, 3.8) is 0 Å². The Morgan fingerprint density at radius 3 is 2.76 bits per heavy atom. The second-order valence-corrected chi connectivity index (χ2v) is 7.90. The first-order valence-electron chi connectivity index (χ1n) is 8.98. The van der Waals surface area contributed by atoms with Crippen molar-refractivity contribution in [3.8, 4) is 10.4 Å². The number of nitrogens with zero attached hydrogens (tertiary/aromatic N) is 2. The van der Waals surface area contributed by atoms with Gasteiger partial charge in [-0.05, 0) is 41.8 Å². The van der Waals surface area contributed by atoms with Crippen LogP contribution in [0.15, 0.2) is 47.4 Å². The molecule has 1 atom stereocenters. The standard InChI is InChI=1S/C20H19F2N5OS/c1-27-17-7-12(2-3-16(17)26-20(27)28)18-10-25-19(29-18)24-9-15(23)6-11-4-13(21)8-14(22)5-11/h2-5,7-8,10,15H,6,9,23H2,1H3,(H,24,25)(H,26,28)/t15-/m0/s1. The molecule has 4 rings (SSSR count). The van der Waals surface area contributed by atoms with Crippen LogP contribution in [0.3, 0.4) is 0 Å². The SMILES string of the molecule is Cn1c(=O)[nH]c2ccc(-c3cnc(NC[C@@H](N)Cc4cc(F)cc(F)c4)s3)cc21. The van der Waals surface area contributed by atoms with E-state index in [1.165, 1.54) is 23.5 Å². The molecular formula is C20H19F2N5OS. The fourth-order valence-corrected chi connectivity index (χ4v) is 4.01. The summed E-state index contributed by atoms with van der Waals surface area (Å²) in [5, 5.41) is 3.87. The molecule has 0 spiro atoms. The van der Waals surface area contributed by atoms with E-state index in [1.54, 1.807) is 17.8 Å². The molecule has 9 heteroatoms. The Morgan fingerprint density at radius 1 is 1.24 bits per heavy atom. The van der Waals surface area contributed by atoms with E-state index >= 15 is 0 Å². The van der Waals surface area contributed by atoms with E-state index in [1.807, 2.05) is 18.2 Å². The van der Waals surface area contributed by atoms with Gasteiger partial charge in [-0.15, -0.1) is 0 Å². The van der Waals surface area contributed by atoms with Gasteiger partial charge in [0.15, 0.2) is 5.13 Å². The molecule has 0 amide bonds. The molecule has 2 aromatic carbocycles. The number of nitrogens with two attached hydrogens (primary N) is 1. The van der Waals surface area contributed by atoms with Crippen LogP contribution >= 0.6 is 11.3 Å². The normalized spacial score (nSPS) is 12.4. The first-order chi connectivity index (χ1) is 13.9. The van der Waals surface area contributed by atoms with Gasteiger partial charge >= 0.3 is 5.69 Å². The number of halogens is 2. The number of aromatic nitrogens is 3. The van der Waals surface area contributed by atoms with E-state index in [4.69, 9.17) is 5.73 Å². The van der Waals surface area contributed by atoms with E-state index in [9.17, 15) is 13.6 Å². The number of H-pyrrole nitrogens is 1. The monoisotopic (exact) mass is 415 g/mol. The zero-order valence-electron chi connectivity index (χ0n) is 15.6. The molecule has 6 nitrogen and oxygen atoms in total. The van der Waals surface area contributed by atoms with Gasteiger partial charge in [0.05, 0.1) is 15.9 Å². The van der Waals surface area contributed by atoms with Crippen LogP contribution in [0.4, 0.5) is 13.9 Å². The summed E-state index contributed by atoms with van der Waals surface area (Å²) in [4.78, 5) is 19.8. The minimum Gasteiger partial charge on any atom is -0.360 e. The van der Waals surface area contributed by atoms with Crippen molar-refractivity contribution in [2.24, 2.45) is 12.8 Å². The number of nitrogens with one attached hydrogen (secondary N) is 2. The summed E-state index contributed by atoms with van der Waals surface area (Å²) in [5.74, 6) is -1.22. The molecule has 150 valence electrons. The summed E-state index contributed by atoms with van der Waals surface area (Å²) >= 11 is 1.47. The predicted octanol–water partition coefficient (Wildman–Crippen LogP) is 3.25. The van der Waals surface area contributed by atoms with Gasteiger partial charge in [0.25, 0.3) is 0 Å². The van der Waals surface area contributed by atoms with Gasteiger partial charge in [0.2, 0.25) is 0 Å². The van der Waals surface area contributed by atoms with E-state index in [0.29, 0.717) is 23.7 Å². The van der Waals surface area contributed by atoms with Crippen LogP contribution in [0.1, 0.15) is 5.56 Å². The number of fused-ring (bicyclic) bond motifs is 1. The van der Waals surface area contributed by atoms with Crippen molar-refractivity contribution < 1.29 is 8.78 Å². The lowest BCUT2D eigenvalue weighted by Gasteiger charge is -2.12. The topological polar surface area (TPSA) is 88.7 Å². The molecule has 4 aromatic rings. The molecule has 29 heavy (non-hydrogen) atoms. The number of hydrogen-bond donors (Lipinski definition) is 3. The third-order valence-corrected chi connectivity index (χ3v) is 5.64. The van der Waals surface area contributed by atoms with E-state index in [-0.39, 0.29) is 11.7 Å². The lowest BCUT2D eigenvalue weighted by atomic mass is 10.1. The molecule has 4 N–H and O–H groups in total. The first-order valence-corrected chi connectivity index (χ1v) is 9.80. The van der Waals surface area contributed by atoms with Crippen molar-refractivity contribution in [2.45, 2.75) is 12.5 Å². The largest absolute Gasteiger partial charge is 0.360 e. The van der Waals surface area contributed by atoms with Crippen molar-refractivity contribution >= 4 is 27.5 Å². The summed E-state index contributed by atoms with van der Waals surface area (Å²) < 4.78 is 28.1. The number of thiazole rings is 1. The smallest absolute Gasteiger partial charge is 0.326 e. The minimum absolute atomic E-state index is 0.157. The quantitative estimate of drug-likeness (QED) is 0.451. The molecule has 0 aliphatic carbocycles. The molecular weight excluding hydrogens is 396 g/mol. The van der Waals surface area contributed by atoms with Crippen molar-refractivity contribution in [3.05, 3.63) is 70.3 Å². The zero-order chi connectivity index (χ0) is 20.5. The van der Waals surface area contributed by atoms with E-state index in [2.05, 4.69) is 15.3 Å². The van der Waals surface area contributed by atoms with Crippen molar-refractivity contribution in [2.75, 3.05) is 11.9 Å². The second-order valence-electron chi connectivity index (χ2n) is 6.87. The Kier molecular flexibility index (Phi) is 5.16. The van der Waals surface area contributed by atoms with Crippen molar-refractivity contribution in [1.29, 1.82) is 0 Å². The molecule has 0 fully saturated rings. The zero-order valence-corrected chi connectivity index (χ0v) is 16.4. The molecule has 0 saturated carbocycles. The molecule has 0 unspecified atom stereocenters. The summed E-state index contributed by atoms with van der Waals surface area (Å²) in [5.41, 5.74) is 9.00. The van der Waals surface area contributed by atoms with E-state index < -0.39 is 11.6 Å². The van der Waals surface area contributed by atoms with Crippen LogP contribution in [-0.2, 0) is 13.5 Å². The number of rotatable bonds is 6. The maximum absolute atomic E-state index is 13.3. The third-order valence-electron chi connectivity index (χ3n) is 4.63. The van der Waals surface area contributed by atoms with Gasteiger partial charge in [0, 0.05) is 31.9 Å². The number of benzene rings is 2. The van der Waals surface area contributed by atoms with Crippen LogP contribution in [0.2, 0.25) is 0 Å². The molecule has 0 saturated heterocycles. The van der Waals surface area contributed by atoms with Gasteiger partial charge in [-0.2, -0.15) is 0 Å². The molecule has 0 aliphatic heterocycles. The highest BCUT2D eigenvalue weighted by atomic mass is 32.1. The Morgan fingerprint density at radius 2 is 2.00 bits per heavy atom. The predicted molar refractivity (Wildman–Crippen MR) is 111 cm³/mol. The average Bonchev–Trinajstić information content (AvgIpc) is 3.24. The summed E-state index contributed by atoms with van der Waals surface area (Å²) in [7, 11) is 1.72. The first kappa shape index (κ1) is 19.3. The third kappa shape index (κ3) is 4.20. The number of hydrogen-bond acceptors (Lipinski definition) is 5. The molecule has 2 aromatic heterocycles. The molecule has 0 bridgehead atoms. The van der Waals surface area contributed by atoms with Crippen LogP contribution in [0, 0.1) is 11.6 Å². The fourth-order valence-electron chi connectivity index (χ4n) is 3.19. The molecule has 2 heterocycles. The van der Waals surface area contributed by atoms with Crippen LogP contribution in [0.5, 0.6) is 0 Å². The van der Waals surface area contributed by atoms with Gasteiger partial charge in [-0.3, -0.25) is 4.57 Å². The number of aryl methyl sites for hydroxylation is 1. The van der Waals surface area contributed by atoms with Crippen LogP contribution in [0.25, 0.3) is 21.5 Å². The van der Waals surface area contributed by atoms with Gasteiger partial charge in [-0.1, -0.05) is 17.4 Å². The fraction of sp³-hybridized carbons (Fsp3) is 0.200. The van der Waals surface area contributed by atoms with Crippen LogP contribution < -0.4 is 16.7 Å². The number of anilines is 1. The summed E-state index contributed by atoms with van der Waals surface area (Å²) in [6.45, 7) is 0.413. The summed E-state index contributed by atoms with van der Waals surface area (Å²) in [6.07, 6.45) is 2.10. The Bertz CT molecular complexity index is 1210. The maximum Gasteiger partial charge on any atom is 0.326 e. The highest BCUT2D eigenvalue weighted by Gasteiger charge is 2.11. The maximum atomic E-state index is 13.3.